The molecule has 20 heavy (non-hydrogen) atoms. The lowest BCUT2D eigenvalue weighted by Gasteiger charge is -2.32. The number of nitrogen functional groups attached to an aromatic ring is 1. The number of rotatable bonds is 3. The molecule has 3 N–H and O–H groups in total. The van der Waals surface area contributed by atoms with E-state index in [1.54, 1.807) is 23.3 Å². The van der Waals surface area contributed by atoms with Crippen molar-refractivity contribution in [2.75, 3.05) is 36.9 Å². The van der Waals surface area contributed by atoms with Gasteiger partial charge < -0.3 is 20.5 Å². The van der Waals surface area contributed by atoms with Crippen molar-refractivity contribution in [1.29, 1.82) is 0 Å². The molecule has 0 amide bonds. The first-order chi connectivity index (χ1) is 9.76. The molecule has 0 aromatic carbocycles. The number of anilines is 2. The molecule has 9 heteroatoms. The summed E-state index contributed by atoms with van der Waals surface area (Å²) in [6.45, 7) is 1.63. The Morgan fingerprint density at radius 3 is 2.95 bits per heavy atom. The van der Waals surface area contributed by atoms with Crippen LogP contribution in [0.1, 0.15) is 0 Å². The molecule has 1 aliphatic rings. The first-order valence-corrected chi connectivity index (χ1v) is 6.23. The third kappa shape index (κ3) is 2.53. The second-order valence-corrected chi connectivity index (χ2v) is 4.38. The van der Waals surface area contributed by atoms with Gasteiger partial charge >= 0.3 is 0 Å². The first-order valence-electron chi connectivity index (χ1n) is 6.23. The fourth-order valence-corrected chi connectivity index (χ4v) is 2.02. The molecule has 0 aliphatic carbocycles. The minimum Gasteiger partial charge on any atom is -0.394 e. The maximum Gasteiger partial charge on any atom is 0.241 e. The Kier molecular flexibility index (Phi) is 3.44. The molecule has 2 aromatic rings. The molecule has 1 saturated heterocycles. The summed E-state index contributed by atoms with van der Waals surface area (Å²) in [6, 6.07) is 0. The van der Waals surface area contributed by atoms with Gasteiger partial charge in [0.2, 0.25) is 17.8 Å². The lowest BCUT2D eigenvalue weighted by atomic mass is 10.3. The summed E-state index contributed by atoms with van der Waals surface area (Å²) in [6.07, 6.45) is 4.72. The second-order valence-electron chi connectivity index (χ2n) is 4.38. The van der Waals surface area contributed by atoms with E-state index in [0.717, 1.165) is 0 Å². The van der Waals surface area contributed by atoms with Crippen LogP contribution in [0.2, 0.25) is 0 Å². The highest BCUT2D eigenvalue weighted by atomic mass is 16.5. The Labute approximate surface area is 115 Å². The van der Waals surface area contributed by atoms with Crippen LogP contribution in [0.25, 0.3) is 5.95 Å². The number of hydrogen-bond acceptors (Lipinski definition) is 8. The van der Waals surface area contributed by atoms with Gasteiger partial charge in [-0.15, -0.1) is 0 Å². The highest BCUT2D eigenvalue weighted by Gasteiger charge is 2.22. The molecule has 1 atom stereocenters. The fourth-order valence-electron chi connectivity index (χ4n) is 2.02. The van der Waals surface area contributed by atoms with Crippen LogP contribution in [0.5, 0.6) is 0 Å². The molecule has 1 fully saturated rings. The SMILES string of the molecule is Nc1nc(N2CCOC(CO)C2)nc(-n2ccnc2)n1. The largest absolute Gasteiger partial charge is 0.394 e. The monoisotopic (exact) mass is 277 g/mol. The summed E-state index contributed by atoms with van der Waals surface area (Å²) in [5.41, 5.74) is 5.74. The minimum absolute atomic E-state index is 0.0363. The number of morpholine rings is 1. The van der Waals surface area contributed by atoms with Crippen molar-refractivity contribution in [2.45, 2.75) is 6.10 Å². The molecule has 3 heterocycles. The number of imidazole rings is 1. The standard InChI is InChI=1S/C11H15N7O2/c12-9-14-10(17-3-4-20-8(5-17)6-19)16-11(15-9)18-2-1-13-7-18/h1-2,7-8,19H,3-6H2,(H2,12,14,15,16). The number of aliphatic hydroxyl groups is 1. The van der Waals surface area contributed by atoms with Crippen molar-refractivity contribution in [3.05, 3.63) is 18.7 Å². The fraction of sp³-hybridized carbons (Fsp3) is 0.455. The molecular formula is C11H15N7O2. The van der Waals surface area contributed by atoms with Gasteiger partial charge in [-0.05, 0) is 0 Å². The van der Waals surface area contributed by atoms with Gasteiger partial charge in [0.25, 0.3) is 0 Å². The van der Waals surface area contributed by atoms with Gasteiger partial charge in [0.15, 0.2) is 0 Å². The lowest BCUT2D eigenvalue weighted by molar-refractivity contribution is 0.00313. The molecular weight excluding hydrogens is 262 g/mol. The first kappa shape index (κ1) is 12.8. The van der Waals surface area contributed by atoms with Crippen LogP contribution in [0.15, 0.2) is 18.7 Å². The smallest absolute Gasteiger partial charge is 0.241 e. The molecule has 2 aromatic heterocycles. The Morgan fingerprint density at radius 2 is 2.20 bits per heavy atom. The van der Waals surface area contributed by atoms with E-state index < -0.39 is 0 Å². The van der Waals surface area contributed by atoms with E-state index >= 15 is 0 Å². The van der Waals surface area contributed by atoms with Crippen LogP contribution in [0, 0.1) is 0 Å². The average molecular weight is 277 g/mol. The molecule has 3 rings (SSSR count). The summed E-state index contributed by atoms with van der Waals surface area (Å²) < 4.78 is 7.06. The average Bonchev–Trinajstić information content (AvgIpc) is 3.01. The lowest BCUT2D eigenvalue weighted by Crippen LogP contribution is -2.45. The number of nitrogens with two attached hydrogens (primary N) is 1. The van der Waals surface area contributed by atoms with Gasteiger partial charge in [-0.25, -0.2) is 4.98 Å². The van der Waals surface area contributed by atoms with Gasteiger partial charge in [0.05, 0.1) is 19.3 Å². The summed E-state index contributed by atoms with van der Waals surface area (Å²) in [4.78, 5) is 18.5. The molecule has 1 unspecified atom stereocenters. The van der Waals surface area contributed by atoms with Gasteiger partial charge in [-0.2, -0.15) is 15.0 Å². The topological polar surface area (TPSA) is 115 Å². The summed E-state index contributed by atoms with van der Waals surface area (Å²) in [5.74, 6) is 1.03. The predicted octanol–water partition coefficient (Wildman–Crippen LogP) is -1.16. The number of ether oxygens (including phenoxy) is 1. The normalized spacial score (nSPS) is 19.2. The maximum absolute atomic E-state index is 9.17. The van der Waals surface area contributed by atoms with Crippen molar-refractivity contribution in [3.8, 4) is 5.95 Å². The van der Waals surface area contributed by atoms with Crippen LogP contribution >= 0.6 is 0 Å². The molecule has 106 valence electrons. The van der Waals surface area contributed by atoms with E-state index in [1.165, 1.54) is 0 Å². The summed E-state index contributed by atoms with van der Waals surface area (Å²) >= 11 is 0. The summed E-state index contributed by atoms with van der Waals surface area (Å²) in [7, 11) is 0. The molecule has 0 bridgehead atoms. The number of hydrogen-bond donors (Lipinski definition) is 2. The number of aromatic nitrogens is 5. The molecule has 1 aliphatic heterocycles. The van der Waals surface area contributed by atoms with E-state index in [4.69, 9.17) is 10.5 Å². The zero-order chi connectivity index (χ0) is 13.9. The van der Waals surface area contributed by atoms with Crippen molar-refractivity contribution >= 4 is 11.9 Å². The Morgan fingerprint density at radius 1 is 1.35 bits per heavy atom. The van der Waals surface area contributed by atoms with Gasteiger partial charge in [-0.1, -0.05) is 0 Å². The number of aliphatic hydroxyl groups excluding tert-OH is 1. The van der Waals surface area contributed by atoms with Crippen molar-refractivity contribution in [2.24, 2.45) is 0 Å². The quantitative estimate of drug-likeness (QED) is 0.721. The van der Waals surface area contributed by atoms with E-state index in [-0.39, 0.29) is 18.7 Å². The van der Waals surface area contributed by atoms with E-state index in [2.05, 4.69) is 19.9 Å². The molecule has 0 spiro atoms. The third-order valence-electron chi connectivity index (χ3n) is 2.99. The van der Waals surface area contributed by atoms with Crippen LogP contribution in [-0.4, -0.2) is 62.0 Å². The molecule has 0 radical (unpaired) electrons. The predicted molar refractivity (Wildman–Crippen MR) is 70.4 cm³/mol. The van der Waals surface area contributed by atoms with Crippen LogP contribution in [0.4, 0.5) is 11.9 Å². The molecule has 0 saturated carbocycles. The number of nitrogens with zero attached hydrogens (tertiary/aromatic N) is 6. The minimum atomic E-state index is -0.238. The zero-order valence-corrected chi connectivity index (χ0v) is 10.8. The Balaban J connectivity index is 1.89. The summed E-state index contributed by atoms with van der Waals surface area (Å²) in [5, 5.41) is 9.17. The Hall–Kier alpha value is -2.26. The highest BCUT2D eigenvalue weighted by molar-refractivity contribution is 5.38. The molecule has 9 nitrogen and oxygen atoms in total. The van der Waals surface area contributed by atoms with Gasteiger partial charge in [0, 0.05) is 25.5 Å². The Bertz CT molecular complexity index is 574. The van der Waals surface area contributed by atoms with Gasteiger partial charge in [0.1, 0.15) is 6.33 Å². The maximum atomic E-state index is 9.17. The van der Waals surface area contributed by atoms with Gasteiger partial charge in [-0.3, -0.25) is 4.57 Å². The van der Waals surface area contributed by atoms with Crippen molar-refractivity contribution < 1.29 is 9.84 Å². The van der Waals surface area contributed by atoms with E-state index in [1.807, 2.05) is 4.90 Å². The van der Waals surface area contributed by atoms with Crippen molar-refractivity contribution in [3.63, 3.8) is 0 Å². The zero-order valence-electron chi connectivity index (χ0n) is 10.8. The van der Waals surface area contributed by atoms with Crippen LogP contribution in [0.3, 0.4) is 0 Å². The third-order valence-corrected chi connectivity index (χ3v) is 2.99. The second kappa shape index (κ2) is 5.39. The van der Waals surface area contributed by atoms with Crippen LogP contribution < -0.4 is 10.6 Å². The van der Waals surface area contributed by atoms with E-state index in [0.29, 0.717) is 31.6 Å². The van der Waals surface area contributed by atoms with Crippen LogP contribution in [-0.2, 0) is 4.74 Å². The van der Waals surface area contributed by atoms with E-state index in [9.17, 15) is 5.11 Å². The highest BCUT2D eigenvalue weighted by Crippen LogP contribution is 2.15. The van der Waals surface area contributed by atoms with Crippen molar-refractivity contribution in [1.82, 2.24) is 24.5 Å².